The molecule has 18 aromatic carbocycles. The summed E-state index contributed by atoms with van der Waals surface area (Å²) in [5, 5.41) is 12.7. The number of carbonyl (C=O) groups is 8. The summed E-state index contributed by atoms with van der Waals surface area (Å²) in [5.41, 5.74) is 21.1. The number of ketones is 8. The van der Waals surface area contributed by atoms with Crippen LogP contribution in [0.3, 0.4) is 0 Å². The molecule has 142 heavy (non-hydrogen) atoms. The lowest BCUT2D eigenvalue weighted by atomic mass is 9.97. The molecule has 0 amide bonds. The lowest BCUT2D eigenvalue weighted by Crippen LogP contribution is -2.14. The van der Waals surface area contributed by atoms with Crippen molar-refractivity contribution >= 4 is 177 Å². The lowest BCUT2D eigenvalue weighted by Gasteiger charge is -2.17. The molecule has 0 aliphatic heterocycles. The van der Waals surface area contributed by atoms with E-state index in [1.807, 2.05) is 255 Å². The predicted molar refractivity (Wildman–Crippen MR) is 565 cm³/mol. The Morgan fingerprint density at radius 3 is 0.655 bits per heavy atom. The van der Waals surface area contributed by atoms with Gasteiger partial charge in [0.25, 0.3) is 0 Å². The van der Waals surface area contributed by atoms with Crippen LogP contribution in [0.4, 0.5) is 0 Å². The van der Waals surface area contributed by atoms with E-state index in [4.69, 9.17) is 0 Å². The topological polar surface area (TPSA) is 192 Å². The second-order valence-electron chi connectivity index (χ2n) is 35.0. The second-order valence-corrected chi connectivity index (χ2v) is 35.0. The Morgan fingerprint density at radius 1 is 0.155 bits per heavy atom. The molecule has 16 heteroatoms. The number of para-hydroxylation sites is 8. The zero-order valence-electron chi connectivity index (χ0n) is 75.9. The van der Waals surface area contributed by atoms with Crippen molar-refractivity contribution < 1.29 is 38.4 Å². The van der Waals surface area contributed by atoms with Crippen molar-refractivity contribution in [3.8, 4) is 22.3 Å². The number of carbonyl (C=O) groups excluding carboxylic acids is 8. The summed E-state index contributed by atoms with van der Waals surface area (Å²) in [6.45, 7) is 0. The van der Waals surface area contributed by atoms with Gasteiger partial charge in [0.05, 0.1) is 66.2 Å². The van der Waals surface area contributed by atoms with Gasteiger partial charge in [-0.25, -0.2) is 28.1 Å². The molecule has 0 bridgehead atoms. The molecule has 0 unspecified atom stereocenters. The summed E-state index contributed by atoms with van der Waals surface area (Å²) in [5.74, 6) is -2.51. The number of benzene rings is 18. The van der Waals surface area contributed by atoms with E-state index in [9.17, 15) is 38.4 Å². The molecule has 0 aliphatic carbocycles. The third kappa shape index (κ3) is 14.6. The molecule has 8 aromatic heterocycles. The highest BCUT2D eigenvalue weighted by molar-refractivity contribution is 6.50. The van der Waals surface area contributed by atoms with Crippen molar-refractivity contribution in [3.05, 3.63) is 540 Å². The number of aromatic nitrogens is 8. The van der Waals surface area contributed by atoms with Crippen molar-refractivity contribution in [1.82, 2.24) is 38.0 Å². The van der Waals surface area contributed by atoms with Gasteiger partial charge in [0.15, 0.2) is 11.6 Å². The van der Waals surface area contributed by atoms with E-state index in [0.717, 1.165) is 153 Å². The van der Waals surface area contributed by atoms with E-state index in [-0.39, 0.29) is 23.1 Å². The molecule has 0 fully saturated rings. The van der Waals surface area contributed by atoms with Gasteiger partial charge in [-0.05, 0) is 96.1 Å². The van der Waals surface area contributed by atoms with Crippen LogP contribution < -0.4 is 0 Å². The van der Waals surface area contributed by atoms with Crippen LogP contribution in [-0.4, -0.2) is 84.3 Å². The molecule has 0 aliphatic rings. The van der Waals surface area contributed by atoms with Crippen molar-refractivity contribution in [2.75, 3.05) is 0 Å². The van der Waals surface area contributed by atoms with Crippen LogP contribution in [0.15, 0.2) is 473 Å². The first-order valence-corrected chi connectivity index (χ1v) is 46.6. The molecule has 0 saturated carbocycles. The highest BCUT2D eigenvalue weighted by Gasteiger charge is 2.29. The van der Waals surface area contributed by atoms with Gasteiger partial charge in [-0.3, -0.25) is 48.3 Å². The summed E-state index contributed by atoms with van der Waals surface area (Å²) in [6.07, 6.45) is 3.26. The van der Waals surface area contributed by atoms with Gasteiger partial charge >= 0.3 is 0 Å². The second kappa shape index (κ2) is 35.6. The first-order chi connectivity index (χ1) is 69.8. The summed E-state index contributed by atoms with van der Waals surface area (Å²) >= 11 is 0. The van der Waals surface area contributed by atoms with Crippen LogP contribution in [-0.2, 0) is 0 Å². The first-order valence-electron chi connectivity index (χ1n) is 46.6. The Labute approximate surface area is 810 Å². The predicted octanol–water partition coefficient (Wildman–Crippen LogP) is 27.8. The van der Waals surface area contributed by atoms with Gasteiger partial charge in [-0.15, -0.1) is 0 Å². The lowest BCUT2D eigenvalue weighted by molar-refractivity contribution is 0.0817. The summed E-state index contributed by atoms with van der Waals surface area (Å²) in [7, 11) is 0. The van der Waals surface area contributed by atoms with E-state index in [1.165, 1.54) is 0 Å². The minimum Gasteiger partial charge on any atom is -0.289 e. The average molecular weight is 1830 g/mol. The van der Waals surface area contributed by atoms with Crippen LogP contribution in [0.1, 0.15) is 105 Å². The van der Waals surface area contributed by atoms with Gasteiger partial charge in [0, 0.05) is 144 Å². The highest BCUT2D eigenvalue weighted by atomic mass is 16.2. The number of hydrogen-bond donors (Lipinski definition) is 0. The number of fused-ring (bicyclic) bond motifs is 18. The third-order valence-corrected chi connectivity index (χ3v) is 26.9. The summed E-state index contributed by atoms with van der Waals surface area (Å²) in [4.78, 5) is 115. The van der Waals surface area contributed by atoms with E-state index in [2.05, 4.69) is 147 Å². The van der Waals surface area contributed by atoms with E-state index < -0.39 is 23.1 Å². The fourth-order valence-corrected chi connectivity index (χ4v) is 20.2. The smallest absolute Gasteiger partial charge is 0.233 e. The van der Waals surface area contributed by atoms with Crippen LogP contribution in [0.5, 0.6) is 0 Å². The SMILES string of the molecule is O=C(C(=O)c1ccc(-c2cccc3c4ccccc4n(-n4c5ccccc5c5cccc(-c6ccc(C(=O)C(=O)c7ccccc7)cc6)c54)c23)cc1)c1ccccc1.O=C(c1ccc2c3ccccc3n(-n3c4ccccc4c4ccc(C(=O)c5ccccn5)cc43)c2c1)c1ccccn1.O=C(c1ccccc1)c1ccc2c3ccccc3n(-n3c4ccccc4c4ccc(C(=O)c5ccccc5)cc43)c2c1. The van der Waals surface area contributed by atoms with Crippen molar-refractivity contribution in [3.63, 3.8) is 0 Å². The molecule has 0 atom stereocenters. The summed E-state index contributed by atoms with van der Waals surface area (Å²) in [6, 6.07) is 147. The highest BCUT2D eigenvalue weighted by Crippen LogP contribution is 2.45. The fraction of sp³-hybridized carbons (Fsp3) is 0. The average Bonchev–Trinajstić information content (AvgIpc) is 1.55. The zero-order valence-corrected chi connectivity index (χ0v) is 75.9. The molecule has 16 nitrogen and oxygen atoms in total. The minimum atomic E-state index is -0.553. The Kier molecular flexibility index (Phi) is 21.4. The maximum Gasteiger partial charge on any atom is 0.233 e. The monoisotopic (exact) mass is 1830 g/mol. The van der Waals surface area contributed by atoms with E-state index >= 15 is 0 Å². The number of hydrogen-bond acceptors (Lipinski definition) is 10. The van der Waals surface area contributed by atoms with Crippen LogP contribution >= 0.6 is 0 Å². The largest absolute Gasteiger partial charge is 0.289 e. The van der Waals surface area contributed by atoms with E-state index in [1.54, 1.807) is 109 Å². The molecular weight excluding hydrogens is 1750 g/mol. The van der Waals surface area contributed by atoms with Gasteiger partial charge in [-0.2, -0.15) is 0 Å². The Balaban J connectivity index is 0.000000117. The number of rotatable bonds is 19. The molecule has 0 saturated heterocycles. The zero-order chi connectivity index (χ0) is 95.7. The van der Waals surface area contributed by atoms with Crippen LogP contribution in [0.2, 0.25) is 0 Å². The van der Waals surface area contributed by atoms with Crippen molar-refractivity contribution in [2.24, 2.45) is 0 Å². The molecule has 26 rings (SSSR count). The Hall–Kier alpha value is -19.6. The maximum absolute atomic E-state index is 13.5. The van der Waals surface area contributed by atoms with Gasteiger partial charge in [0.2, 0.25) is 34.7 Å². The standard InChI is InChI=1S/C52H32N2O4.C38H24N2O2.C36H22N4O2/c55-49(35-13-3-1-4-14-35)51(57)37-29-25-33(26-30-37)39-19-11-21-43-41-17-7-9-23-45(41)53(47(39)43)54-46-24-10-8-18-42(46)44-22-12-20-40(48(44)54)34-27-31-38(32-28-34)52(58)50(56)36-15-5-2-6-16-36;41-37(25-11-3-1-4-12-25)27-19-21-31-29-15-7-9-17-33(29)39(35(31)23-27)40-34-18-10-8-16-30(34)32-22-20-28(24-36(32)40)38(42)26-13-5-2-6-14-26;41-35(29-11-5-7-19-37-29)23-15-17-27-25-9-1-3-13-31(25)39(33(27)21-23)40-32-14-4-2-10-26(32)28-18-16-24(22-34(28)40)36(42)30-12-6-8-20-38-30/h1-32H;1-24H;1-22H. The van der Waals surface area contributed by atoms with Gasteiger partial charge in [0.1, 0.15) is 11.4 Å². The first kappa shape index (κ1) is 85.3. The number of pyridine rings is 2. The van der Waals surface area contributed by atoms with Crippen LogP contribution in [0, 0.1) is 0 Å². The molecule has 8 heterocycles. The third-order valence-electron chi connectivity index (χ3n) is 26.9. The minimum absolute atomic E-state index is 0.0210. The Morgan fingerprint density at radius 2 is 0.373 bits per heavy atom. The van der Waals surface area contributed by atoms with Gasteiger partial charge < -0.3 is 0 Å². The molecule has 0 N–H and O–H groups in total. The van der Waals surface area contributed by atoms with E-state index in [0.29, 0.717) is 67.0 Å². The summed E-state index contributed by atoms with van der Waals surface area (Å²) < 4.78 is 13.2. The van der Waals surface area contributed by atoms with Crippen LogP contribution in [0.25, 0.3) is 153 Å². The quantitative estimate of drug-likeness (QED) is 0.0556. The Bertz CT molecular complexity index is 8790. The molecule has 0 radical (unpaired) electrons. The van der Waals surface area contributed by atoms with Crippen molar-refractivity contribution in [2.45, 2.75) is 0 Å². The molecule has 670 valence electrons. The normalized spacial score (nSPS) is 11.5. The number of Topliss-reactive ketones (excluding diaryl/α,β-unsaturated/α-hetero) is 4. The maximum atomic E-state index is 13.5. The fourth-order valence-electron chi connectivity index (χ4n) is 20.2. The molecule has 0 spiro atoms. The number of nitrogens with zero attached hydrogens (tertiary/aromatic N) is 8. The molecule has 26 aromatic rings. The van der Waals surface area contributed by atoms with Crippen molar-refractivity contribution in [1.29, 1.82) is 0 Å². The molecular formula is C126H78N8O8. The van der Waals surface area contributed by atoms with Gasteiger partial charge in [-0.1, -0.05) is 376 Å².